The standard InChI is InChI=1S/C6HBr2Cl2F/c7-2-1-3(9)5(10)4(8)6(2)11/h1H. The first-order chi connectivity index (χ1) is 5.04. The van der Waals surface area contributed by atoms with Crippen molar-refractivity contribution in [2.24, 2.45) is 0 Å². The Bertz CT molecular complexity index is 275. The molecular formula is C6HBr2Cl2F. The number of rotatable bonds is 0. The van der Waals surface area contributed by atoms with Gasteiger partial charge in [-0.05, 0) is 37.9 Å². The van der Waals surface area contributed by atoms with Crippen molar-refractivity contribution in [3.05, 3.63) is 30.9 Å². The van der Waals surface area contributed by atoms with E-state index in [1.165, 1.54) is 6.07 Å². The molecular weight excluding hydrogens is 322 g/mol. The molecule has 0 spiro atoms. The van der Waals surface area contributed by atoms with Gasteiger partial charge >= 0.3 is 0 Å². The molecule has 5 heteroatoms. The summed E-state index contributed by atoms with van der Waals surface area (Å²) in [4.78, 5) is 0. The van der Waals surface area contributed by atoms with Gasteiger partial charge in [-0.1, -0.05) is 23.2 Å². The highest BCUT2D eigenvalue weighted by molar-refractivity contribution is 9.11. The van der Waals surface area contributed by atoms with Gasteiger partial charge in [-0.15, -0.1) is 0 Å². The summed E-state index contributed by atoms with van der Waals surface area (Å²) in [7, 11) is 0. The molecule has 0 fully saturated rings. The summed E-state index contributed by atoms with van der Waals surface area (Å²) in [5.74, 6) is -0.445. The first-order valence-corrected chi connectivity index (χ1v) is 4.86. The van der Waals surface area contributed by atoms with Crippen molar-refractivity contribution in [2.45, 2.75) is 0 Å². The van der Waals surface area contributed by atoms with Gasteiger partial charge in [0.05, 0.1) is 19.0 Å². The van der Waals surface area contributed by atoms with E-state index in [1.54, 1.807) is 0 Å². The highest BCUT2D eigenvalue weighted by atomic mass is 79.9. The van der Waals surface area contributed by atoms with Crippen LogP contribution in [-0.2, 0) is 0 Å². The second-order valence-corrected chi connectivity index (χ2v) is 4.21. The van der Waals surface area contributed by atoms with Crippen LogP contribution in [0.25, 0.3) is 0 Å². The van der Waals surface area contributed by atoms with Gasteiger partial charge < -0.3 is 0 Å². The number of hydrogen-bond acceptors (Lipinski definition) is 0. The van der Waals surface area contributed by atoms with E-state index in [2.05, 4.69) is 31.9 Å². The van der Waals surface area contributed by atoms with Crippen molar-refractivity contribution in [1.29, 1.82) is 0 Å². The average Bonchev–Trinajstić information content (AvgIpc) is 1.97. The van der Waals surface area contributed by atoms with Crippen LogP contribution >= 0.6 is 55.1 Å². The van der Waals surface area contributed by atoms with Crippen molar-refractivity contribution in [1.82, 2.24) is 0 Å². The van der Waals surface area contributed by atoms with Gasteiger partial charge in [-0.2, -0.15) is 0 Å². The van der Waals surface area contributed by atoms with Crippen LogP contribution in [0.3, 0.4) is 0 Å². The summed E-state index contributed by atoms with van der Waals surface area (Å²) in [5, 5.41) is 0.499. The molecule has 0 nitrogen and oxygen atoms in total. The molecule has 0 atom stereocenters. The lowest BCUT2D eigenvalue weighted by molar-refractivity contribution is 0.614. The van der Waals surface area contributed by atoms with Crippen LogP contribution in [0.5, 0.6) is 0 Å². The van der Waals surface area contributed by atoms with E-state index in [0.29, 0.717) is 9.50 Å². The molecule has 0 saturated heterocycles. The van der Waals surface area contributed by atoms with Crippen LogP contribution in [0.15, 0.2) is 15.0 Å². The van der Waals surface area contributed by atoms with E-state index in [0.717, 1.165) is 0 Å². The fraction of sp³-hybridized carbons (Fsp3) is 0. The zero-order chi connectivity index (χ0) is 8.59. The van der Waals surface area contributed by atoms with E-state index in [9.17, 15) is 4.39 Å². The molecule has 0 aliphatic heterocycles. The van der Waals surface area contributed by atoms with E-state index in [1.807, 2.05) is 0 Å². The molecule has 0 heterocycles. The van der Waals surface area contributed by atoms with Crippen LogP contribution in [0.4, 0.5) is 4.39 Å². The van der Waals surface area contributed by atoms with Crippen LogP contribution in [0, 0.1) is 5.82 Å². The second kappa shape index (κ2) is 3.60. The Morgan fingerprint density at radius 1 is 1.27 bits per heavy atom. The fourth-order valence-electron chi connectivity index (χ4n) is 0.544. The third-order valence-corrected chi connectivity index (χ3v) is 3.40. The normalized spacial score (nSPS) is 10.3. The Labute approximate surface area is 89.9 Å². The van der Waals surface area contributed by atoms with Crippen molar-refractivity contribution >= 4 is 55.1 Å². The molecule has 1 rings (SSSR count). The predicted molar refractivity (Wildman–Crippen MR) is 51.8 cm³/mol. The Hall–Kier alpha value is 0.690. The largest absolute Gasteiger partial charge is 0.204 e. The van der Waals surface area contributed by atoms with E-state index >= 15 is 0 Å². The zero-order valence-corrected chi connectivity index (χ0v) is 9.65. The van der Waals surface area contributed by atoms with Crippen LogP contribution in [-0.4, -0.2) is 0 Å². The predicted octanol–water partition coefficient (Wildman–Crippen LogP) is 4.66. The Morgan fingerprint density at radius 2 is 1.82 bits per heavy atom. The van der Waals surface area contributed by atoms with Gasteiger partial charge in [-0.25, -0.2) is 4.39 Å². The first-order valence-electron chi connectivity index (χ1n) is 2.52. The van der Waals surface area contributed by atoms with Gasteiger partial charge in [0.1, 0.15) is 0 Å². The minimum atomic E-state index is -0.445. The van der Waals surface area contributed by atoms with Gasteiger partial charge in [0.15, 0.2) is 5.82 Å². The maximum Gasteiger partial charge on any atom is 0.153 e. The molecule has 0 saturated carbocycles. The molecule has 0 unspecified atom stereocenters. The lowest BCUT2D eigenvalue weighted by atomic mass is 10.3. The van der Waals surface area contributed by atoms with Crippen LogP contribution < -0.4 is 0 Å². The number of hydrogen-bond donors (Lipinski definition) is 0. The lowest BCUT2D eigenvalue weighted by Gasteiger charge is -2.01. The molecule has 0 radical (unpaired) electrons. The van der Waals surface area contributed by atoms with Gasteiger partial charge in [0.2, 0.25) is 0 Å². The third-order valence-electron chi connectivity index (χ3n) is 1.06. The number of halogens is 5. The summed E-state index contributed by atoms with van der Waals surface area (Å²) in [6, 6.07) is 1.41. The fourth-order valence-corrected chi connectivity index (χ4v) is 2.25. The monoisotopic (exact) mass is 320 g/mol. The summed E-state index contributed by atoms with van der Waals surface area (Å²) in [6.07, 6.45) is 0. The minimum absolute atomic E-state index is 0.179. The van der Waals surface area contributed by atoms with Crippen molar-refractivity contribution in [2.75, 3.05) is 0 Å². The molecule has 60 valence electrons. The van der Waals surface area contributed by atoms with Crippen LogP contribution in [0.1, 0.15) is 0 Å². The molecule has 0 amide bonds. The Morgan fingerprint density at radius 3 is 2.36 bits per heavy atom. The third kappa shape index (κ3) is 1.89. The maximum absolute atomic E-state index is 12.9. The van der Waals surface area contributed by atoms with Crippen molar-refractivity contribution < 1.29 is 4.39 Å². The summed E-state index contributed by atoms with van der Waals surface area (Å²) >= 11 is 17.2. The zero-order valence-electron chi connectivity index (χ0n) is 4.97. The Kier molecular flexibility index (Phi) is 3.20. The molecule has 0 bridgehead atoms. The topological polar surface area (TPSA) is 0 Å². The van der Waals surface area contributed by atoms with Crippen molar-refractivity contribution in [3.63, 3.8) is 0 Å². The number of benzene rings is 1. The van der Waals surface area contributed by atoms with Crippen molar-refractivity contribution in [3.8, 4) is 0 Å². The van der Waals surface area contributed by atoms with Gasteiger partial charge in [-0.3, -0.25) is 0 Å². The quantitative estimate of drug-likeness (QED) is 0.481. The molecule has 0 aliphatic rings. The molecule has 1 aromatic carbocycles. The highest BCUT2D eigenvalue weighted by Gasteiger charge is 2.11. The van der Waals surface area contributed by atoms with Gasteiger partial charge in [0, 0.05) is 0 Å². The van der Waals surface area contributed by atoms with E-state index in [-0.39, 0.29) is 9.50 Å². The van der Waals surface area contributed by atoms with Crippen LogP contribution in [0.2, 0.25) is 10.0 Å². The molecule has 1 aromatic rings. The highest BCUT2D eigenvalue weighted by Crippen LogP contribution is 2.36. The van der Waals surface area contributed by atoms with E-state index < -0.39 is 5.82 Å². The molecule has 0 aliphatic carbocycles. The Balaban J connectivity index is 3.46. The molecule has 11 heavy (non-hydrogen) atoms. The first kappa shape index (κ1) is 9.78. The smallest absolute Gasteiger partial charge is 0.153 e. The summed E-state index contributed by atoms with van der Waals surface area (Å²) < 4.78 is 13.4. The molecule has 0 aromatic heterocycles. The minimum Gasteiger partial charge on any atom is -0.204 e. The van der Waals surface area contributed by atoms with E-state index in [4.69, 9.17) is 23.2 Å². The maximum atomic E-state index is 12.9. The van der Waals surface area contributed by atoms with Gasteiger partial charge in [0.25, 0.3) is 0 Å². The lowest BCUT2D eigenvalue weighted by Crippen LogP contribution is -1.82. The average molecular weight is 323 g/mol. The molecule has 0 N–H and O–H groups in total. The summed E-state index contributed by atoms with van der Waals surface area (Å²) in [5.41, 5.74) is 0. The summed E-state index contributed by atoms with van der Waals surface area (Å²) in [6.45, 7) is 0. The SMILES string of the molecule is Fc1c(Br)cc(Cl)c(Cl)c1Br. The second-order valence-electron chi connectivity index (χ2n) is 1.78.